The second-order valence-corrected chi connectivity index (χ2v) is 4.62. The maximum Gasteiger partial charge on any atom is 0.169 e. The van der Waals surface area contributed by atoms with Crippen molar-refractivity contribution in [2.75, 3.05) is 12.8 Å². The fourth-order valence-electron chi connectivity index (χ4n) is 1.76. The highest BCUT2D eigenvalue weighted by Crippen LogP contribution is 2.34. The molecule has 0 aliphatic carbocycles. The molecule has 106 valence electrons. The van der Waals surface area contributed by atoms with E-state index in [1.165, 1.54) is 0 Å². The van der Waals surface area contributed by atoms with Gasteiger partial charge < -0.3 is 19.9 Å². The van der Waals surface area contributed by atoms with E-state index in [0.29, 0.717) is 28.7 Å². The van der Waals surface area contributed by atoms with Crippen LogP contribution in [0.2, 0.25) is 0 Å². The van der Waals surface area contributed by atoms with Crippen molar-refractivity contribution in [2.24, 2.45) is 0 Å². The first-order chi connectivity index (χ1) is 9.60. The van der Waals surface area contributed by atoms with Gasteiger partial charge in [-0.3, -0.25) is 0 Å². The summed E-state index contributed by atoms with van der Waals surface area (Å²) in [5, 5.41) is 0. The van der Waals surface area contributed by atoms with Gasteiger partial charge in [-0.1, -0.05) is 12.1 Å². The molecule has 4 heteroatoms. The van der Waals surface area contributed by atoms with Crippen LogP contribution in [0, 0.1) is 0 Å². The lowest BCUT2D eigenvalue weighted by molar-refractivity contribution is 0.243. The summed E-state index contributed by atoms with van der Waals surface area (Å²) in [6, 6.07) is 12.8. The molecule has 0 saturated heterocycles. The van der Waals surface area contributed by atoms with Gasteiger partial charge in [0.1, 0.15) is 11.5 Å². The first-order valence-electron chi connectivity index (χ1n) is 6.47. The Balaban J connectivity index is 2.25. The van der Waals surface area contributed by atoms with Crippen LogP contribution in [0.5, 0.6) is 23.0 Å². The quantitative estimate of drug-likeness (QED) is 0.840. The Kier molecular flexibility index (Phi) is 4.35. The number of anilines is 1. The van der Waals surface area contributed by atoms with E-state index in [1.54, 1.807) is 25.3 Å². The van der Waals surface area contributed by atoms with Gasteiger partial charge in [0.25, 0.3) is 0 Å². The van der Waals surface area contributed by atoms with Gasteiger partial charge in [0.05, 0.1) is 18.9 Å². The predicted octanol–water partition coefficient (Wildman–Crippen LogP) is 3.86. The number of rotatable bonds is 5. The molecule has 2 rings (SSSR count). The monoisotopic (exact) mass is 273 g/mol. The molecule has 0 fully saturated rings. The fourth-order valence-corrected chi connectivity index (χ4v) is 1.76. The molecule has 2 aromatic rings. The van der Waals surface area contributed by atoms with Gasteiger partial charge in [-0.25, -0.2) is 0 Å². The Morgan fingerprint density at radius 1 is 0.950 bits per heavy atom. The van der Waals surface area contributed by atoms with Gasteiger partial charge in [0, 0.05) is 6.07 Å². The van der Waals surface area contributed by atoms with Crippen LogP contribution in [-0.2, 0) is 0 Å². The van der Waals surface area contributed by atoms with Crippen molar-refractivity contribution in [3.63, 3.8) is 0 Å². The van der Waals surface area contributed by atoms with E-state index in [1.807, 2.05) is 38.1 Å². The van der Waals surface area contributed by atoms with Gasteiger partial charge in [0.2, 0.25) is 0 Å². The van der Waals surface area contributed by atoms with Crippen molar-refractivity contribution >= 4 is 5.69 Å². The van der Waals surface area contributed by atoms with Gasteiger partial charge >= 0.3 is 0 Å². The Morgan fingerprint density at radius 3 is 2.30 bits per heavy atom. The summed E-state index contributed by atoms with van der Waals surface area (Å²) in [6.07, 6.45) is 0.0545. The fraction of sp³-hybridized carbons (Fsp3) is 0.250. The smallest absolute Gasteiger partial charge is 0.169 e. The van der Waals surface area contributed by atoms with E-state index in [0.717, 1.165) is 0 Å². The second-order valence-electron chi connectivity index (χ2n) is 4.62. The number of ether oxygens (including phenoxy) is 3. The van der Waals surface area contributed by atoms with Crippen molar-refractivity contribution in [3.05, 3.63) is 42.5 Å². The highest BCUT2D eigenvalue weighted by molar-refractivity contribution is 5.56. The molecular weight excluding hydrogens is 254 g/mol. The minimum absolute atomic E-state index is 0.0545. The Bertz CT molecular complexity index is 582. The molecule has 0 aliphatic rings. The normalized spacial score (nSPS) is 10.4. The lowest BCUT2D eigenvalue weighted by Crippen LogP contribution is -2.07. The van der Waals surface area contributed by atoms with Crippen LogP contribution in [0.4, 0.5) is 5.69 Å². The van der Waals surface area contributed by atoms with Crippen LogP contribution >= 0.6 is 0 Å². The molecule has 2 N–H and O–H groups in total. The van der Waals surface area contributed by atoms with Crippen LogP contribution in [-0.4, -0.2) is 13.2 Å². The third-order valence-corrected chi connectivity index (χ3v) is 2.64. The molecule has 0 amide bonds. The molecule has 0 aliphatic heterocycles. The first-order valence-corrected chi connectivity index (χ1v) is 6.47. The number of hydrogen-bond donors (Lipinski definition) is 1. The van der Waals surface area contributed by atoms with Crippen molar-refractivity contribution in [2.45, 2.75) is 20.0 Å². The summed E-state index contributed by atoms with van der Waals surface area (Å²) in [4.78, 5) is 0. The summed E-state index contributed by atoms with van der Waals surface area (Å²) >= 11 is 0. The Hall–Kier alpha value is -2.36. The lowest BCUT2D eigenvalue weighted by atomic mass is 10.2. The number of hydrogen-bond acceptors (Lipinski definition) is 4. The van der Waals surface area contributed by atoms with E-state index in [2.05, 4.69) is 0 Å². The zero-order valence-electron chi connectivity index (χ0n) is 11.9. The van der Waals surface area contributed by atoms with Gasteiger partial charge in [-0.05, 0) is 38.1 Å². The number of para-hydroxylation sites is 2. The second kappa shape index (κ2) is 6.19. The third-order valence-electron chi connectivity index (χ3n) is 2.64. The highest BCUT2D eigenvalue weighted by Gasteiger charge is 2.08. The largest absolute Gasteiger partial charge is 0.493 e. The SMILES string of the molecule is COc1ccccc1Oc1ccc(N)c(OC(C)C)c1. The Morgan fingerprint density at radius 2 is 1.65 bits per heavy atom. The predicted molar refractivity (Wildman–Crippen MR) is 79.7 cm³/mol. The number of nitrogen functional groups attached to an aromatic ring is 1. The number of benzene rings is 2. The van der Waals surface area contributed by atoms with Crippen LogP contribution < -0.4 is 19.9 Å². The number of methoxy groups -OCH3 is 1. The average molecular weight is 273 g/mol. The van der Waals surface area contributed by atoms with Crippen molar-refractivity contribution in [3.8, 4) is 23.0 Å². The summed E-state index contributed by atoms with van der Waals surface area (Å²) in [5.74, 6) is 2.60. The third kappa shape index (κ3) is 3.35. The molecule has 0 radical (unpaired) electrons. The maximum atomic E-state index is 5.88. The van der Waals surface area contributed by atoms with Crippen molar-refractivity contribution in [1.82, 2.24) is 0 Å². The van der Waals surface area contributed by atoms with Gasteiger partial charge in [-0.2, -0.15) is 0 Å². The van der Waals surface area contributed by atoms with Crippen LogP contribution in [0.1, 0.15) is 13.8 Å². The molecular formula is C16H19NO3. The van der Waals surface area contributed by atoms with E-state index < -0.39 is 0 Å². The molecule has 2 aromatic carbocycles. The number of nitrogens with two attached hydrogens (primary N) is 1. The zero-order valence-corrected chi connectivity index (χ0v) is 11.9. The summed E-state index contributed by atoms with van der Waals surface area (Å²) in [5.41, 5.74) is 6.47. The van der Waals surface area contributed by atoms with E-state index in [4.69, 9.17) is 19.9 Å². The molecule has 0 unspecified atom stereocenters. The van der Waals surface area contributed by atoms with Gasteiger partial charge in [-0.15, -0.1) is 0 Å². The highest BCUT2D eigenvalue weighted by atomic mass is 16.5. The van der Waals surface area contributed by atoms with E-state index in [9.17, 15) is 0 Å². The summed E-state index contributed by atoms with van der Waals surface area (Å²) < 4.78 is 16.7. The molecule has 4 nitrogen and oxygen atoms in total. The van der Waals surface area contributed by atoms with Crippen LogP contribution in [0.15, 0.2) is 42.5 Å². The lowest BCUT2D eigenvalue weighted by Gasteiger charge is -2.14. The molecule has 0 heterocycles. The molecule has 0 aromatic heterocycles. The molecule has 0 bridgehead atoms. The molecule has 0 saturated carbocycles. The average Bonchev–Trinajstić information content (AvgIpc) is 2.42. The Labute approximate surface area is 119 Å². The summed E-state index contributed by atoms with van der Waals surface area (Å²) in [6.45, 7) is 3.90. The molecule has 20 heavy (non-hydrogen) atoms. The minimum Gasteiger partial charge on any atom is -0.493 e. The van der Waals surface area contributed by atoms with E-state index >= 15 is 0 Å². The van der Waals surface area contributed by atoms with Crippen molar-refractivity contribution < 1.29 is 14.2 Å². The maximum absolute atomic E-state index is 5.88. The van der Waals surface area contributed by atoms with E-state index in [-0.39, 0.29) is 6.10 Å². The molecule has 0 spiro atoms. The zero-order chi connectivity index (χ0) is 14.5. The summed E-state index contributed by atoms with van der Waals surface area (Å²) in [7, 11) is 1.61. The topological polar surface area (TPSA) is 53.7 Å². The minimum atomic E-state index is 0.0545. The van der Waals surface area contributed by atoms with Crippen molar-refractivity contribution in [1.29, 1.82) is 0 Å². The van der Waals surface area contributed by atoms with Gasteiger partial charge in [0.15, 0.2) is 11.5 Å². The van der Waals surface area contributed by atoms with Crippen LogP contribution in [0.3, 0.4) is 0 Å². The first kappa shape index (κ1) is 14.1. The van der Waals surface area contributed by atoms with Crippen LogP contribution in [0.25, 0.3) is 0 Å². The molecule has 0 atom stereocenters. The standard InChI is InChI=1S/C16H19NO3/c1-11(2)19-16-10-12(8-9-13(16)17)20-15-7-5-4-6-14(15)18-3/h4-11H,17H2,1-3H3.